The summed E-state index contributed by atoms with van der Waals surface area (Å²) in [5.74, 6) is 0.985. The van der Waals surface area contributed by atoms with Gasteiger partial charge in [0.05, 0.1) is 0 Å². The highest BCUT2D eigenvalue weighted by Crippen LogP contribution is 2.38. The fraction of sp³-hybridized carbons (Fsp3) is 0.0526. The molecule has 1 heterocycles. The van der Waals surface area contributed by atoms with Gasteiger partial charge in [-0.05, 0) is 42.0 Å². The SMILES string of the molecule is O=S1(=O)NCc2cc(F)cc(-c3ccc(Oc4ccccc4)cc3)c2O1. The molecule has 1 N–H and O–H groups in total. The minimum absolute atomic E-state index is 0.0162. The van der Waals surface area contributed by atoms with Crippen molar-refractivity contribution in [3.05, 3.63) is 78.1 Å². The van der Waals surface area contributed by atoms with Gasteiger partial charge >= 0.3 is 10.3 Å². The van der Waals surface area contributed by atoms with Gasteiger partial charge in [0.25, 0.3) is 0 Å². The summed E-state index contributed by atoms with van der Waals surface area (Å²) in [5.41, 5.74) is 1.44. The van der Waals surface area contributed by atoms with E-state index in [0.717, 1.165) is 0 Å². The Balaban J connectivity index is 1.69. The molecule has 0 unspecified atom stereocenters. The lowest BCUT2D eigenvalue weighted by Crippen LogP contribution is -2.32. The van der Waals surface area contributed by atoms with Crippen molar-refractivity contribution >= 4 is 10.3 Å². The molecule has 0 fully saturated rings. The second-order valence-electron chi connectivity index (χ2n) is 5.74. The Morgan fingerprint density at radius 2 is 1.65 bits per heavy atom. The second kappa shape index (κ2) is 6.44. The number of hydrogen-bond donors (Lipinski definition) is 1. The Bertz CT molecular complexity index is 1050. The first kappa shape index (κ1) is 16.6. The summed E-state index contributed by atoms with van der Waals surface area (Å²) in [6.07, 6.45) is 0. The summed E-state index contributed by atoms with van der Waals surface area (Å²) in [4.78, 5) is 0. The molecule has 3 aromatic rings. The van der Waals surface area contributed by atoms with Crippen LogP contribution in [-0.4, -0.2) is 8.42 Å². The number of ether oxygens (including phenoxy) is 1. The summed E-state index contributed by atoms with van der Waals surface area (Å²) in [7, 11) is -3.89. The monoisotopic (exact) mass is 371 g/mol. The van der Waals surface area contributed by atoms with Crippen LogP contribution in [0.2, 0.25) is 0 Å². The first-order chi connectivity index (χ1) is 12.5. The molecule has 26 heavy (non-hydrogen) atoms. The normalized spacial score (nSPS) is 15.0. The lowest BCUT2D eigenvalue weighted by Gasteiger charge is -2.21. The lowest BCUT2D eigenvalue weighted by atomic mass is 10.0. The van der Waals surface area contributed by atoms with Crippen molar-refractivity contribution in [3.8, 4) is 28.4 Å². The number of benzene rings is 3. The van der Waals surface area contributed by atoms with E-state index in [4.69, 9.17) is 8.92 Å². The van der Waals surface area contributed by atoms with Crippen molar-refractivity contribution in [1.29, 1.82) is 0 Å². The van der Waals surface area contributed by atoms with Crippen LogP contribution in [0.4, 0.5) is 4.39 Å². The highest BCUT2D eigenvalue weighted by Gasteiger charge is 2.26. The van der Waals surface area contributed by atoms with E-state index in [2.05, 4.69) is 4.72 Å². The van der Waals surface area contributed by atoms with Crippen LogP contribution >= 0.6 is 0 Å². The van der Waals surface area contributed by atoms with Gasteiger partial charge in [-0.25, -0.2) is 4.39 Å². The van der Waals surface area contributed by atoms with Crippen LogP contribution in [0.5, 0.6) is 17.2 Å². The molecule has 0 spiro atoms. The maximum atomic E-state index is 13.9. The van der Waals surface area contributed by atoms with Crippen molar-refractivity contribution in [2.24, 2.45) is 0 Å². The van der Waals surface area contributed by atoms with Crippen LogP contribution in [0.1, 0.15) is 5.56 Å². The molecule has 132 valence electrons. The Morgan fingerprint density at radius 1 is 0.962 bits per heavy atom. The third-order valence-electron chi connectivity index (χ3n) is 3.91. The Morgan fingerprint density at radius 3 is 2.38 bits per heavy atom. The number of hydrogen-bond acceptors (Lipinski definition) is 4. The molecule has 7 heteroatoms. The van der Waals surface area contributed by atoms with Crippen LogP contribution in [0, 0.1) is 5.82 Å². The second-order valence-corrected chi connectivity index (χ2v) is 7.10. The summed E-state index contributed by atoms with van der Waals surface area (Å²) in [5, 5.41) is 0. The first-order valence-electron chi connectivity index (χ1n) is 7.85. The van der Waals surface area contributed by atoms with Crippen molar-refractivity contribution in [3.63, 3.8) is 0 Å². The minimum atomic E-state index is -3.89. The van der Waals surface area contributed by atoms with E-state index in [9.17, 15) is 12.8 Å². The zero-order valence-electron chi connectivity index (χ0n) is 13.5. The van der Waals surface area contributed by atoms with Crippen molar-refractivity contribution in [2.75, 3.05) is 0 Å². The van der Waals surface area contributed by atoms with E-state index in [0.29, 0.717) is 28.2 Å². The predicted molar refractivity (Wildman–Crippen MR) is 94.7 cm³/mol. The summed E-state index contributed by atoms with van der Waals surface area (Å²) in [6.45, 7) is -0.0162. The lowest BCUT2D eigenvalue weighted by molar-refractivity contribution is 0.452. The van der Waals surface area contributed by atoms with Gasteiger partial charge in [-0.2, -0.15) is 13.1 Å². The van der Waals surface area contributed by atoms with Crippen LogP contribution in [-0.2, 0) is 16.8 Å². The van der Waals surface area contributed by atoms with Gasteiger partial charge in [0, 0.05) is 17.7 Å². The van der Waals surface area contributed by atoms with E-state index >= 15 is 0 Å². The van der Waals surface area contributed by atoms with Crippen molar-refractivity contribution in [1.82, 2.24) is 4.72 Å². The highest BCUT2D eigenvalue weighted by molar-refractivity contribution is 7.85. The molecule has 0 saturated heterocycles. The molecule has 0 aliphatic carbocycles. The fourth-order valence-corrected chi connectivity index (χ4v) is 3.53. The zero-order chi connectivity index (χ0) is 18.1. The summed E-state index contributed by atoms with van der Waals surface area (Å²) < 4.78 is 50.3. The number of para-hydroxylation sites is 1. The Hall–Kier alpha value is -2.90. The molecular weight excluding hydrogens is 357 g/mol. The topological polar surface area (TPSA) is 64.6 Å². The summed E-state index contributed by atoms with van der Waals surface area (Å²) in [6, 6.07) is 18.7. The van der Waals surface area contributed by atoms with E-state index in [-0.39, 0.29) is 12.3 Å². The molecule has 0 saturated carbocycles. The molecule has 4 rings (SSSR count). The Labute approximate surface area is 150 Å². The maximum absolute atomic E-state index is 13.9. The fourth-order valence-electron chi connectivity index (χ4n) is 2.73. The average Bonchev–Trinajstić information content (AvgIpc) is 2.63. The van der Waals surface area contributed by atoms with Gasteiger partial charge in [-0.15, -0.1) is 0 Å². The molecule has 0 aromatic heterocycles. The summed E-state index contributed by atoms with van der Waals surface area (Å²) >= 11 is 0. The number of nitrogens with one attached hydrogen (secondary N) is 1. The van der Waals surface area contributed by atoms with E-state index < -0.39 is 16.1 Å². The van der Waals surface area contributed by atoms with E-state index in [1.54, 1.807) is 24.3 Å². The van der Waals surface area contributed by atoms with Gasteiger partial charge in [0.15, 0.2) is 5.75 Å². The van der Waals surface area contributed by atoms with Gasteiger partial charge in [0.2, 0.25) is 0 Å². The van der Waals surface area contributed by atoms with E-state index in [1.807, 2.05) is 30.3 Å². The molecule has 1 aliphatic rings. The molecule has 3 aromatic carbocycles. The molecule has 5 nitrogen and oxygen atoms in total. The predicted octanol–water partition coefficient (Wildman–Crippen LogP) is 4.01. The van der Waals surface area contributed by atoms with Crippen LogP contribution < -0.4 is 13.6 Å². The van der Waals surface area contributed by atoms with Crippen LogP contribution in [0.15, 0.2) is 66.7 Å². The maximum Gasteiger partial charge on any atom is 0.382 e. The first-order valence-corrected chi connectivity index (χ1v) is 9.26. The third kappa shape index (κ3) is 3.40. The minimum Gasteiger partial charge on any atom is -0.457 e. The number of fused-ring (bicyclic) bond motifs is 1. The van der Waals surface area contributed by atoms with Gasteiger partial charge in [-0.1, -0.05) is 30.3 Å². The molecular formula is C19H14FNO4S. The number of halogens is 1. The number of rotatable bonds is 3. The largest absolute Gasteiger partial charge is 0.457 e. The van der Waals surface area contributed by atoms with Gasteiger partial charge < -0.3 is 8.92 Å². The van der Waals surface area contributed by atoms with Crippen molar-refractivity contribution < 1.29 is 21.7 Å². The van der Waals surface area contributed by atoms with E-state index in [1.165, 1.54) is 12.1 Å². The van der Waals surface area contributed by atoms with Crippen molar-refractivity contribution in [2.45, 2.75) is 6.54 Å². The van der Waals surface area contributed by atoms with Gasteiger partial charge in [-0.3, -0.25) is 0 Å². The third-order valence-corrected chi connectivity index (χ3v) is 4.79. The molecule has 0 amide bonds. The zero-order valence-corrected chi connectivity index (χ0v) is 14.3. The van der Waals surface area contributed by atoms with Crippen LogP contribution in [0.25, 0.3) is 11.1 Å². The average molecular weight is 371 g/mol. The molecule has 1 aliphatic heterocycles. The smallest absolute Gasteiger partial charge is 0.382 e. The van der Waals surface area contributed by atoms with Gasteiger partial charge in [0.1, 0.15) is 17.3 Å². The Kier molecular flexibility index (Phi) is 4.10. The quantitative estimate of drug-likeness (QED) is 0.755. The standard InChI is InChI=1S/C19H14FNO4S/c20-15-10-14-12-21-26(22,23)25-19(14)18(11-15)13-6-8-17(9-7-13)24-16-4-2-1-3-5-16/h1-11,21H,12H2. The molecule has 0 radical (unpaired) electrons. The molecule has 0 atom stereocenters. The van der Waals surface area contributed by atoms with Crippen LogP contribution in [0.3, 0.4) is 0 Å². The molecule has 0 bridgehead atoms. The highest BCUT2D eigenvalue weighted by atomic mass is 32.2.